The maximum atomic E-state index is 11.7. The first kappa shape index (κ1) is 17.9. The average Bonchev–Trinajstić information content (AvgIpc) is 2.87. The van der Waals surface area contributed by atoms with Crippen LogP contribution in [0.3, 0.4) is 0 Å². The van der Waals surface area contributed by atoms with Crippen molar-refractivity contribution in [1.29, 1.82) is 0 Å². The van der Waals surface area contributed by atoms with Crippen molar-refractivity contribution in [2.75, 3.05) is 7.05 Å². The Morgan fingerprint density at radius 2 is 2.04 bits per heavy atom. The standard InChI is InChI=1S/C18H22N4O4/c1-10(2)18(13-7-5-6-8-15(13)22(25)26)14-9-12(17(23)24)11(3)19-16(14)21(4)20-18/h5-8,10,19-20H,9H2,1-4H3,(H,23,24). The lowest BCUT2D eigenvalue weighted by Gasteiger charge is -2.37. The first-order valence-corrected chi connectivity index (χ1v) is 8.39. The van der Waals surface area contributed by atoms with Gasteiger partial charge in [-0.1, -0.05) is 26.0 Å². The largest absolute Gasteiger partial charge is 0.478 e. The van der Waals surface area contributed by atoms with Crippen molar-refractivity contribution < 1.29 is 14.8 Å². The number of nitro groups is 1. The predicted octanol–water partition coefficient (Wildman–Crippen LogP) is 2.46. The molecule has 0 bridgehead atoms. The molecule has 2 heterocycles. The Bertz CT molecular complexity index is 859. The maximum Gasteiger partial charge on any atom is 0.333 e. The first-order chi connectivity index (χ1) is 12.2. The van der Waals surface area contributed by atoms with Crippen LogP contribution >= 0.6 is 0 Å². The van der Waals surface area contributed by atoms with Crippen LogP contribution in [0.5, 0.6) is 0 Å². The molecule has 0 aliphatic carbocycles. The number of carbonyl (C=O) groups is 1. The number of benzene rings is 1. The fourth-order valence-electron chi connectivity index (χ4n) is 3.94. The van der Waals surface area contributed by atoms with E-state index in [2.05, 4.69) is 10.7 Å². The topological polar surface area (TPSA) is 108 Å². The van der Waals surface area contributed by atoms with E-state index in [0.717, 1.165) is 11.4 Å². The molecule has 0 radical (unpaired) electrons. The number of allylic oxidation sites excluding steroid dienone is 1. The third-order valence-electron chi connectivity index (χ3n) is 5.20. The number of hydrazine groups is 1. The quantitative estimate of drug-likeness (QED) is 0.560. The number of rotatable bonds is 4. The van der Waals surface area contributed by atoms with Crippen molar-refractivity contribution in [3.8, 4) is 0 Å². The Morgan fingerprint density at radius 1 is 1.38 bits per heavy atom. The van der Waals surface area contributed by atoms with Gasteiger partial charge in [0.25, 0.3) is 5.69 Å². The molecular weight excluding hydrogens is 336 g/mol. The third-order valence-corrected chi connectivity index (χ3v) is 5.20. The van der Waals surface area contributed by atoms with E-state index >= 15 is 0 Å². The number of carboxylic acid groups (broad SMARTS) is 1. The Balaban J connectivity index is 2.24. The van der Waals surface area contributed by atoms with Crippen LogP contribution in [0, 0.1) is 16.0 Å². The molecule has 8 nitrogen and oxygen atoms in total. The Kier molecular flexibility index (Phi) is 4.23. The number of nitrogens with zero attached hydrogens (tertiary/aromatic N) is 2. The van der Waals surface area contributed by atoms with E-state index in [-0.39, 0.29) is 23.6 Å². The second-order valence-electron chi connectivity index (χ2n) is 6.95. The summed E-state index contributed by atoms with van der Waals surface area (Å²) in [5.74, 6) is -0.301. The van der Waals surface area contributed by atoms with Crippen molar-refractivity contribution in [1.82, 2.24) is 15.8 Å². The summed E-state index contributed by atoms with van der Waals surface area (Å²) in [5, 5.41) is 26.1. The van der Waals surface area contributed by atoms with Gasteiger partial charge in [-0.05, 0) is 18.9 Å². The van der Waals surface area contributed by atoms with E-state index in [4.69, 9.17) is 0 Å². The molecule has 0 aromatic heterocycles. The third kappa shape index (κ3) is 2.45. The van der Waals surface area contributed by atoms with Crippen LogP contribution in [0.15, 0.2) is 46.9 Å². The lowest BCUT2D eigenvalue weighted by molar-refractivity contribution is -0.386. The van der Waals surface area contributed by atoms with Gasteiger partial charge in [0.15, 0.2) is 0 Å². The molecule has 138 valence electrons. The van der Waals surface area contributed by atoms with Crippen LogP contribution in [0.2, 0.25) is 0 Å². The summed E-state index contributed by atoms with van der Waals surface area (Å²) in [6, 6.07) is 6.62. The average molecular weight is 358 g/mol. The number of carboxylic acids is 1. The highest BCUT2D eigenvalue weighted by atomic mass is 16.6. The van der Waals surface area contributed by atoms with E-state index < -0.39 is 16.4 Å². The van der Waals surface area contributed by atoms with E-state index in [1.807, 2.05) is 20.9 Å². The highest BCUT2D eigenvalue weighted by Crippen LogP contribution is 2.49. The summed E-state index contributed by atoms with van der Waals surface area (Å²) in [6.45, 7) is 5.67. The van der Waals surface area contributed by atoms with Crippen LogP contribution in [-0.2, 0) is 10.3 Å². The van der Waals surface area contributed by atoms with Gasteiger partial charge >= 0.3 is 5.97 Å². The van der Waals surface area contributed by atoms with E-state index in [0.29, 0.717) is 11.3 Å². The number of hydrogen-bond donors (Lipinski definition) is 3. The Morgan fingerprint density at radius 3 is 2.62 bits per heavy atom. The molecule has 0 fully saturated rings. The molecule has 2 aliphatic rings. The summed E-state index contributed by atoms with van der Waals surface area (Å²) in [6.07, 6.45) is 0.213. The zero-order valence-electron chi connectivity index (χ0n) is 15.2. The van der Waals surface area contributed by atoms with Crippen LogP contribution in [0.1, 0.15) is 32.8 Å². The lowest BCUT2D eigenvalue weighted by atomic mass is 9.72. The van der Waals surface area contributed by atoms with Gasteiger partial charge in [0, 0.05) is 30.8 Å². The molecule has 3 N–H and O–H groups in total. The number of nitro benzene ring substituents is 1. The number of dihydropyridines is 1. The normalized spacial score (nSPS) is 22.6. The van der Waals surface area contributed by atoms with Gasteiger partial charge < -0.3 is 10.4 Å². The molecule has 1 unspecified atom stereocenters. The van der Waals surface area contributed by atoms with Gasteiger partial charge in [-0.3, -0.25) is 15.1 Å². The van der Waals surface area contributed by atoms with Crippen LogP contribution in [0.25, 0.3) is 0 Å². The summed E-state index contributed by atoms with van der Waals surface area (Å²) in [5.41, 5.74) is 4.69. The van der Waals surface area contributed by atoms with Gasteiger partial charge in [-0.25, -0.2) is 10.2 Å². The molecule has 2 aliphatic heterocycles. The second-order valence-corrected chi connectivity index (χ2v) is 6.95. The maximum absolute atomic E-state index is 11.7. The van der Waals surface area contributed by atoms with E-state index in [1.54, 1.807) is 30.1 Å². The number of aliphatic carboxylic acids is 1. The summed E-state index contributed by atoms with van der Waals surface area (Å²) >= 11 is 0. The smallest absolute Gasteiger partial charge is 0.333 e. The van der Waals surface area contributed by atoms with Gasteiger partial charge in [-0.15, -0.1) is 0 Å². The van der Waals surface area contributed by atoms with Crippen molar-refractivity contribution in [3.05, 3.63) is 62.6 Å². The lowest BCUT2D eigenvalue weighted by Crippen LogP contribution is -2.49. The monoisotopic (exact) mass is 358 g/mol. The van der Waals surface area contributed by atoms with Crippen LogP contribution in [-0.4, -0.2) is 28.1 Å². The van der Waals surface area contributed by atoms with E-state index in [9.17, 15) is 20.0 Å². The zero-order valence-corrected chi connectivity index (χ0v) is 15.2. The predicted molar refractivity (Wildman–Crippen MR) is 95.6 cm³/mol. The molecular formula is C18H22N4O4. The SMILES string of the molecule is CC1=C(C(=O)O)CC2=C(N1)N(C)NC2(c1ccccc1[N+](=O)[O-])C(C)C. The van der Waals surface area contributed by atoms with E-state index in [1.165, 1.54) is 6.07 Å². The zero-order chi connectivity index (χ0) is 19.2. The minimum atomic E-state index is -0.990. The summed E-state index contributed by atoms with van der Waals surface area (Å²) in [4.78, 5) is 22.9. The molecule has 8 heteroatoms. The molecule has 1 aromatic carbocycles. The molecule has 1 aromatic rings. The number of nitrogens with one attached hydrogen (secondary N) is 2. The van der Waals surface area contributed by atoms with Gasteiger partial charge in [0.2, 0.25) is 0 Å². The molecule has 0 saturated carbocycles. The van der Waals surface area contributed by atoms with Gasteiger partial charge in [0.05, 0.1) is 21.6 Å². The Hall–Kier alpha value is -2.87. The molecule has 0 amide bonds. The highest BCUT2D eigenvalue weighted by molar-refractivity contribution is 5.88. The fraction of sp³-hybridized carbons (Fsp3) is 0.389. The van der Waals surface area contributed by atoms with Crippen LogP contribution in [0.4, 0.5) is 5.69 Å². The second kappa shape index (κ2) is 6.14. The summed E-state index contributed by atoms with van der Waals surface area (Å²) < 4.78 is 0. The van der Waals surface area contributed by atoms with Crippen molar-refractivity contribution in [3.63, 3.8) is 0 Å². The van der Waals surface area contributed by atoms with Crippen molar-refractivity contribution in [2.45, 2.75) is 32.7 Å². The number of hydrogen-bond acceptors (Lipinski definition) is 6. The fourth-order valence-corrected chi connectivity index (χ4v) is 3.94. The molecule has 3 rings (SSSR count). The molecule has 0 saturated heterocycles. The molecule has 26 heavy (non-hydrogen) atoms. The van der Waals surface area contributed by atoms with Gasteiger partial charge in [0.1, 0.15) is 5.82 Å². The van der Waals surface area contributed by atoms with Crippen molar-refractivity contribution >= 4 is 11.7 Å². The molecule has 0 spiro atoms. The Labute approximate surface area is 151 Å². The summed E-state index contributed by atoms with van der Waals surface area (Å²) in [7, 11) is 1.82. The molecule has 1 atom stereocenters. The highest BCUT2D eigenvalue weighted by Gasteiger charge is 2.51. The minimum Gasteiger partial charge on any atom is -0.478 e. The first-order valence-electron chi connectivity index (χ1n) is 8.39. The van der Waals surface area contributed by atoms with Crippen molar-refractivity contribution in [2.24, 2.45) is 5.92 Å². The van der Waals surface area contributed by atoms with Crippen LogP contribution < -0.4 is 10.7 Å². The number of para-hydroxylation sites is 1. The van der Waals surface area contributed by atoms with Gasteiger partial charge in [-0.2, -0.15) is 0 Å². The minimum absolute atomic E-state index is 0.0130.